The number of carbonyl (C=O) groups is 2. The first kappa shape index (κ1) is 15.5. The second kappa shape index (κ2) is 8.34. The Kier molecular flexibility index (Phi) is 4.04. The minimum Gasteiger partial charge on any atom is -0.383 e. The Hall–Kier alpha value is -3.28. The molecule has 4 rings (SSSR count). The molecule has 0 aliphatic heterocycles. The number of anilines is 4. The summed E-state index contributed by atoms with van der Waals surface area (Å²) >= 11 is 0. The molecule has 2 aliphatic carbocycles. The van der Waals surface area contributed by atoms with Gasteiger partial charge < -0.3 is 21.7 Å². The number of hydrogen-bond acceptors (Lipinski definition) is 9. The van der Waals surface area contributed by atoms with E-state index in [-0.39, 0.29) is 45.8 Å². The lowest BCUT2D eigenvalue weighted by atomic mass is 10.1. The van der Waals surface area contributed by atoms with E-state index in [1.54, 1.807) is 5.32 Å². The van der Waals surface area contributed by atoms with Gasteiger partial charge in [0.15, 0.2) is 11.5 Å². The summed E-state index contributed by atoms with van der Waals surface area (Å²) in [5.41, 5.74) is 6.12. The van der Waals surface area contributed by atoms with E-state index in [0.717, 1.165) is 31.9 Å². The lowest BCUT2D eigenvalue weighted by Gasteiger charge is -2.17. The lowest BCUT2D eigenvalue weighted by molar-refractivity contribution is -0.117. The van der Waals surface area contributed by atoms with Crippen molar-refractivity contribution in [2.45, 2.75) is 36.5 Å². The molecule has 0 radical (unpaired) electrons. The van der Waals surface area contributed by atoms with Crippen LogP contribution in [-0.2, 0) is 14.5 Å². The van der Waals surface area contributed by atoms with Crippen LogP contribution >= 0.6 is 0 Å². The van der Waals surface area contributed by atoms with Crippen molar-refractivity contribution < 1.29 is 22.0 Å². The highest BCUT2D eigenvalue weighted by Gasteiger charge is 2.31. The number of rotatable bonds is 7. The summed E-state index contributed by atoms with van der Waals surface area (Å²) in [7, 11) is -3.57. The quantitative estimate of drug-likeness (QED) is 0.482. The van der Waals surface area contributed by atoms with Gasteiger partial charge in [0, 0.05) is 40.4 Å². The first-order valence-electron chi connectivity index (χ1n) is 12.8. The van der Waals surface area contributed by atoms with Crippen molar-refractivity contribution in [2.24, 2.45) is 10.3 Å². The van der Waals surface area contributed by atoms with Gasteiger partial charge in [-0.2, -0.15) is 0 Å². The standard InChI is InChI=1S/C20H26N8O3S/c1-22-20(30)16-13(9-15(27-28-16)25-19(29)11-6-7-11)24-18-14(32(3,31)23-2)8-12(10-4-5-10)17(21)26-18/h8-11H,4-7H2,1-3H3,(H,22,30)(H4,21,24,25,26,27,29)/t32-/m1/s1/i1D3,2D3. The maximum absolute atomic E-state index is 13.5. The van der Waals surface area contributed by atoms with Crippen molar-refractivity contribution in [2.75, 3.05) is 36.6 Å². The van der Waals surface area contributed by atoms with Crippen molar-refractivity contribution in [3.05, 3.63) is 23.4 Å². The Bertz CT molecular complexity index is 1410. The van der Waals surface area contributed by atoms with Gasteiger partial charge in [0.1, 0.15) is 11.6 Å². The van der Waals surface area contributed by atoms with Gasteiger partial charge in [-0.25, -0.2) is 13.6 Å². The number of nitrogen functional groups attached to an aromatic ring is 1. The number of pyridine rings is 1. The zero-order valence-electron chi connectivity index (χ0n) is 23.1. The van der Waals surface area contributed by atoms with E-state index in [9.17, 15) is 13.8 Å². The first-order chi connectivity index (χ1) is 17.5. The molecule has 2 heterocycles. The molecule has 0 saturated heterocycles. The summed E-state index contributed by atoms with van der Waals surface area (Å²) in [4.78, 5) is 29.2. The molecule has 32 heavy (non-hydrogen) atoms. The summed E-state index contributed by atoms with van der Waals surface area (Å²) in [6, 6.07) is 2.71. The van der Waals surface area contributed by atoms with E-state index in [2.05, 4.69) is 30.2 Å². The van der Waals surface area contributed by atoms with Crippen LogP contribution in [0.15, 0.2) is 21.4 Å². The maximum atomic E-state index is 13.5. The average Bonchev–Trinajstić information content (AvgIpc) is 3.64. The molecule has 5 N–H and O–H groups in total. The van der Waals surface area contributed by atoms with Crippen molar-refractivity contribution in [3.63, 3.8) is 0 Å². The topological polar surface area (TPSA) is 164 Å². The minimum atomic E-state index is -3.57. The van der Waals surface area contributed by atoms with Gasteiger partial charge in [-0.15, -0.1) is 10.2 Å². The molecule has 1 atom stereocenters. The maximum Gasteiger partial charge on any atom is 0.273 e. The van der Waals surface area contributed by atoms with Crippen molar-refractivity contribution >= 4 is 44.7 Å². The van der Waals surface area contributed by atoms with Crippen LogP contribution in [-0.4, -0.2) is 51.4 Å². The Balaban J connectivity index is 1.82. The van der Waals surface area contributed by atoms with Gasteiger partial charge in [-0.05, 0) is 43.2 Å². The summed E-state index contributed by atoms with van der Waals surface area (Å²) in [5, 5.41) is 14.7. The Morgan fingerprint density at radius 3 is 2.69 bits per heavy atom. The van der Waals surface area contributed by atoms with Gasteiger partial charge in [0.25, 0.3) is 5.91 Å². The van der Waals surface area contributed by atoms with Crippen molar-refractivity contribution in [1.82, 2.24) is 20.5 Å². The lowest BCUT2D eigenvalue weighted by Crippen LogP contribution is -2.23. The number of nitrogens with zero attached hydrogens (tertiary/aromatic N) is 4. The molecule has 0 unspecified atom stereocenters. The van der Waals surface area contributed by atoms with E-state index in [1.165, 1.54) is 12.1 Å². The van der Waals surface area contributed by atoms with E-state index in [4.69, 9.17) is 14.0 Å². The van der Waals surface area contributed by atoms with E-state index in [0.29, 0.717) is 5.56 Å². The average molecular weight is 465 g/mol. The molecule has 11 nitrogen and oxygen atoms in total. The van der Waals surface area contributed by atoms with Crippen LogP contribution < -0.4 is 21.7 Å². The Morgan fingerprint density at radius 1 is 1.25 bits per heavy atom. The monoisotopic (exact) mass is 464 g/mol. The van der Waals surface area contributed by atoms with Crippen LogP contribution in [0.2, 0.25) is 0 Å². The largest absolute Gasteiger partial charge is 0.383 e. The van der Waals surface area contributed by atoms with Gasteiger partial charge >= 0.3 is 0 Å². The predicted octanol–water partition coefficient (Wildman–Crippen LogP) is 1.87. The third-order valence-corrected chi connectivity index (χ3v) is 6.70. The summed E-state index contributed by atoms with van der Waals surface area (Å²) in [6.45, 7) is -5.72. The van der Waals surface area contributed by atoms with Crippen molar-refractivity contribution in [1.29, 1.82) is 0 Å². The van der Waals surface area contributed by atoms with Crippen LogP contribution in [0.4, 0.5) is 23.1 Å². The molecule has 2 aromatic rings. The fraction of sp³-hybridized carbons (Fsp3) is 0.450. The second-order valence-electron chi connectivity index (χ2n) is 7.81. The number of aromatic nitrogens is 3. The highest BCUT2D eigenvalue weighted by molar-refractivity contribution is 7.93. The Labute approximate surface area is 194 Å². The molecule has 2 saturated carbocycles. The second-order valence-corrected chi connectivity index (χ2v) is 10.0. The zero-order chi connectivity index (χ0) is 28.0. The predicted molar refractivity (Wildman–Crippen MR) is 121 cm³/mol. The molecule has 2 aliphatic rings. The molecular weight excluding hydrogens is 432 g/mol. The molecule has 170 valence electrons. The van der Waals surface area contributed by atoms with Crippen LogP contribution in [0.1, 0.15) is 55.9 Å². The number of carbonyl (C=O) groups excluding carboxylic acids is 2. The highest BCUT2D eigenvalue weighted by Crippen LogP contribution is 2.44. The number of amides is 2. The van der Waals surface area contributed by atoms with Gasteiger partial charge in [0.2, 0.25) is 5.91 Å². The molecule has 0 aromatic carbocycles. The van der Waals surface area contributed by atoms with E-state index >= 15 is 0 Å². The number of nitrogens with one attached hydrogen (secondary N) is 3. The number of nitrogens with two attached hydrogens (primary N) is 1. The van der Waals surface area contributed by atoms with Crippen molar-refractivity contribution in [3.8, 4) is 0 Å². The molecule has 12 heteroatoms. The molecular formula is C20H26N8O3S. The smallest absolute Gasteiger partial charge is 0.273 e. The summed E-state index contributed by atoms with van der Waals surface area (Å²) in [6.07, 6.45) is 4.25. The molecule has 2 fully saturated rings. The zero-order valence-corrected chi connectivity index (χ0v) is 18.0. The van der Waals surface area contributed by atoms with Crippen LogP contribution in [0.25, 0.3) is 0 Å². The fourth-order valence-corrected chi connectivity index (χ4v) is 4.05. The minimum absolute atomic E-state index is 0.0385. The molecule has 0 bridgehead atoms. The summed E-state index contributed by atoms with van der Waals surface area (Å²) in [5.74, 6) is -1.62. The van der Waals surface area contributed by atoms with Crippen LogP contribution in [0.5, 0.6) is 0 Å². The van der Waals surface area contributed by atoms with Crippen LogP contribution in [0.3, 0.4) is 0 Å². The Morgan fingerprint density at radius 2 is 2.03 bits per heavy atom. The SMILES string of the molecule is [2H]C([2H])([2H])N=[S@](C)(=O)c1cc(C2CC2)c(N)nc1Nc1cc(NC(=O)C2CC2)nnc1C(=O)NC([2H])([2H])[2H]. The fourth-order valence-electron chi connectivity index (χ4n) is 3.15. The molecule has 2 aromatic heterocycles. The highest BCUT2D eigenvalue weighted by atomic mass is 32.2. The van der Waals surface area contributed by atoms with Gasteiger partial charge in [-0.3, -0.25) is 9.59 Å². The van der Waals surface area contributed by atoms with Crippen LogP contribution in [0, 0.1) is 5.92 Å². The van der Waals surface area contributed by atoms with Gasteiger partial charge in [0.05, 0.1) is 20.3 Å². The van der Waals surface area contributed by atoms with E-state index in [1.807, 2.05) is 0 Å². The number of hydrogen-bond donors (Lipinski definition) is 4. The van der Waals surface area contributed by atoms with Gasteiger partial charge in [-0.1, -0.05) is 0 Å². The third-order valence-electron chi connectivity index (χ3n) is 5.22. The molecule has 0 spiro atoms. The van der Waals surface area contributed by atoms with E-state index < -0.39 is 35.3 Å². The molecule has 2 amide bonds. The summed E-state index contributed by atoms with van der Waals surface area (Å²) < 4.78 is 61.5. The first-order valence-corrected chi connectivity index (χ1v) is 11.8. The third kappa shape index (κ3) is 4.49. The normalized spacial score (nSPS) is 20.8.